The second kappa shape index (κ2) is 8.49. The minimum absolute atomic E-state index is 0.0223. The topological polar surface area (TPSA) is 79.2 Å². The van der Waals surface area contributed by atoms with Crippen molar-refractivity contribution < 1.29 is 14.3 Å². The van der Waals surface area contributed by atoms with Crippen molar-refractivity contribution in [2.45, 2.75) is 19.3 Å². The first-order valence-corrected chi connectivity index (χ1v) is 7.59. The van der Waals surface area contributed by atoms with E-state index in [1.165, 1.54) is 0 Å². The molecule has 0 aliphatic heterocycles. The molecule has 0 saturated carbocycles. The van der Waals surface area contributed by atoms with Crippen LogP contribution in [0, 0.1) is 11.3 Å². The van der Waals surface area contributed by atoms with Gasteiger partial charge in [-0.05, 0) is 29.7 Å². The van der Waals surface area contributed by atoms with E-state index in [4.69, 9.17) is 10.00 Å². The van der Waals surface area contributed by atoms with Crippen LogP contribution in [0.3, 0.4) is 0 Å². The van der Waals surface area contributed by atoms with Crippen LogP contribution in [0.2, 0.25) is 0 Å². The fourth-order valence-electron chi connectivity index (χ4n) is 2.22. The van der Waals surface area contributed by atoms with Crippen molar-refractivity contribution in [3.63, 3.8) is 0 Å². The van der Waals surface area contributed by atoms with Crippen LogP contribution in [0.15, 0.2) is 54.6 Å². The third-order valence-corrected chi connectivity index (χ3v) is 3.48. The summed E-state index contributed by atoms with van der Waals surface area (Å²) in [5.74, 6) is -0.841. The molecule has 1 amide bonds. The van der Waals surface area contributed by atoms with E-state index < -0.39 is 11.9 Å². The summed E-state index contributed by atoms with van der Waals surface area (Å²) in [7, 11) is 0. The molecule has 0 heterocycles. The molecule has 5 nitrogen and oxygen atoms in total. The number of anilines is 1. The second-order valence-electron chi connectivity index (χ2n) is 5.42. The lowest BCUT2D eigenvalue weighted by Crippen LogP contribution is -2.21. The van der Waals surface area contributed by atoms with Gasteiger partial charge >= 0.3 is 5.97 Å². The van der Waals surface area contributed by atoms with Crippen molar-refractivity contribution in [1.82, 2.24) is 0 Å². The van der Waals surface area contributed by atoms with E-state index in [9.17, 15) is 9.59 Å². The van der Waals surface area contributed by atoms with Crippen LogP contribution in [0.4, 0.5) is 5.69 Å². The number of nitriles is 1. The average Bonchev–Trinajstić information content (AvgIpc) is 2.61. The maximum absolute atomic E-state index is 11.8. The highest BCUT2D eigenvalue weighted by Crippen LogP contribution is 2.18. The fourth-order valence-corrected chi connectivity index (χ4v) is 2.22. The molecule has 0 aliphatic rings. The number of hydrogen-bond acceptors (Lipinski definition) is 4. The number of nitrogens with zero attached hydrogens (tertiary/aromatic N) is 1. The molecule has 0 bridgehead atoms. The van der Waals surface area contributed by atoms with E-state index in [0.29, 0.717) is 11.3 Å². The van der Waals surface area contributed by atoms with Gasteiger partial charge in [-0.3, -0.25) is 9.59 Å². The lowest BCUT2D eigenvalue weighted by atomic mass is 9.98. The quantitative estimate of drug-likeness (QED) is 0.828. The molecule has 1 atom stereocenters. The van der Waals surface area contributed by atoms with E-state index in [2.05, 4.69) is 5.32 Å². The summed E-state index contributed by atoms with van der Waals surface area (Å²) in [5, 5.41) is 11.4. The van der Waals surface area contributed by atoms with Gasteiger partial charge < -0.3 is 10.1 Å². The zero-order valence-corrected chi connectivity index (χ0v) is 13.4. The first-order valence-electron chi connectivity index (χ1n) is 7.59. The van der Waals surface area contributed by atoms with Crippen LogP contribution < -0.4 is 5.32 Å². The van der Waals surface area contributed by atoms with Crippen molar-refractivity contribution in [3.05, 3.63) is 65.7 Å². The van der Waals surface area contributed by atoms with Gasteiger partial charge in [0.25, 0.3) is 5.91 Å². The number of amides is 1. The van der Waals surface area contributed by atoms with Gasteiger partial charge in [0.15, 0.2) is 6.61 Å². The third kappa shape index (κ3) is 5.25. The van der Waals surface area contributed by atoms with Crippen molar-refractivity contribution >= 4 is 17.6 Å². The molecule has 2 rings (SSSR count). The van der Waals surface area contributed by atoms with E-state index in [1.54, 1.807) is 24.3 Å². The molecular formula is C19H18N2O3. The SMILES string of the molecule is CC(CC(=O)OCC(=O)Nc1cccc(C#N)c1)c1ccccc1. The molecule has 2 aromatic rings. The lowest BCUT2D eigenvalue weighted by Gasteiger charge is -2.11. The number of nitrogens with one attached hydrogen (secondary N) is 1. The molecule has 24 heavy (non-hydrogen) atoms. The predicted octanol–water partition coefficient (Wildman–Crippen LogP) is 3.23. The van der Waals surface area contributed by atoms with Crippen LogP contribution in [-0.4, -0.2) is 18.5 Å². The maximum atomic E-state index is 11.8. The highest BCUT2D eigenvalue weighted by molar-refractivity contribution is 5.92. The number of carbonyl (C=O) groups excluding carboxylic acids is 2. The number of hydrogen-bond donors (Lipinski definition) is 1. The van der Waals surface area contributed by atoms with Crippen molar-refractivity contribution in [2.75, 3.05) is 11.9 Å². The molecule has 0 aromatic heterocycles. The monoisotopic (exact) mass is 322 g/mol. The molecule has 5 heteroatoms. The Morgan fingerprint density at radius 2 is 1.92 bits per heavy atom. The number of carbonyl (C=O) groups is 2. The third-order valence-electron chi connectivity index (χ3n) is 3.48. The normalized spacial score (nSPS) is 11.2. The van der Waals surface area contributed by atoms with Crippen molar-refractivity contribution in [2.24, 2.45) is 0 Å². The summed E-state index contributed by atoms with van der Waals surface area (Å²) < 4.78 is 5.01. The van der Waals surface area contributed by atoms with Crippen molar-refractivity contribution in [1.29, 1.82) is 5.26 Å². The minimum atomic E-state index is -0.439. The zero-order valence-electron chi connectivity index (χ0n) is 13.4. The van der Waals surface area contributed by atoms with E-state index in [1.807, 2.05) is 43.3 Å². The fraction of sp³-hybridized carbons (Fsp3) is 0.211. The van der Waals surface area contributed by atoms with Gasteiger partial charge in [-0.15, -0.1) is 0 Å². The van der Waals surface area contributed by atoms with Crippen LogP contribution in [0.5, 0.6) is 0 Å². The molecule has 1 unspecified atom stereocenters. The van der Waals surface area contributed by atoms with Gasteiger partial charge in [-0.25, -0.2) is 0 Å². The smallest absolute Gasteiger partial charge is 0.306 e. The highest BCUT2D eigenvalue weighted by atomic mass is 16.5. The highest BCUT2D eigenvalue weighted by Gasteiger charge is 2.13. The first-order chi connectivity index (χ1) is 11.6. The Labute approximate surface area is 140 Å². The number of rotatable bonds is 6. The number of benzene rings is 2. The maximum Gasteiger partial charge on any atom is 0.306 e. The standard InChI is InChI=1S/C19H18N2O3/c1-14(16-7-3-2-4-8-16)10-19(23)24-13-18(22)21-17-9-5-6-15(11-17)12-20/h2-9,11,14H,10,13H2,1H3,(H,21,22). The summed E-state index contributed by atoms with van der Waals surface area (Å²) in [5.41, 5.74) is 1.99. The molecular weight excluding hydrogens is 304 g/mol. The molecule has 2 aromatic carbocycles. The molecule has 0 spiro atoms. The second-order valence-corrected chi connectivity index (χ2v) is 5.42. The van der Waals surface area contributed by atoms with Gasteiger partial charge in [0.05, 0.1) is 18.1 Å². The van der Waals surface area contributed by atoms with E-state index in [-0.39, 0.29) is 18.9 Å². The largest absolute Gasteiger partial charge is 0.456 e. The van der Waals surface area contributed by atoms with Gasteiger partial charge in [-0.2, -0.15) is 5.26 Å². The van der Waals surface area contributed by atoms with Gasteiger partial charge in [0.1, 0.15) is 0 Å². The Bertz CT molecular complexity index is 751. The molecule has 0 saturated heterocycles. The van der Waals surface area contributed by atoms with E-state index in [0.717, 1.165) is 5.56 Å². The first kappa shape index (κ1) is 17.2. The summed E-state index contributed by atoms with van der Waals surface area (Å²) in [4.78, 5) is 23.6. The molecule has 0 radical (unpaired) electrons. The summed E-state index contributed by atoms with van der Waals surface area (Å²) in [6.07, 6.45) is 0.210. The predicted molar refractivity (Wildman–Crippen MR) is 90.2 cm³/mol. The Morgan fingerprint density at radius 1 is 1.17 bits per heavy atom. The van der Waals surface area contributed by atoms with Gasteiger partial charge in [0.2, 0.25) is 0 Å². The lowest BCUT2D eigenvalue weighted by molar-refractivity contribution is -0.147. The summed E-state index contributed by atoms with van der Waals surface area (Å²) >= 11 is 0. The van der Waals surface area contributed by atoms with Crippen LogP contribution in [0.1, 0.15) is 30.4 Å². The van der Waals surface area contributed by atoms with Gasteiger partial charge in [-0.1, -0.05) is 43.3 Å². The van der Waals surface area contributed by atoms with Gasteiger partial charge in [0, 0.05) is 5.69 Å². The Balaban J connectivity index is 1.79. The average molecular weight is 322 g/mol. The number of esters is 1. The Morgan fingerprint density at radius 3 is 2.62 bits per heavy atom. The molecule has 122 valence electrons. The molecule has 1 N–H and O–H groups in total. The van der Waals surface area contributed by atoms with Crippen LogP contribution >= 0.6 is 0 Å². The van der Waals surface area contributed by atoms with Crippen LogP contribution in [0.25, 0.3) is 0 Å². The Hall–Kier alpha value is -3.13. The molecule has 0 aliphatic carbocycles. The summed E-state index contributed by atoms with van der Waals surface area (Å²) in [6.45, 7) is 1.58. The molecule has 0 fully saturated rings. The van der Waals surface area contributed by atoms with Crippen molar-refractivity contribution in [3.8, 4) is 6.07 Å². The Kier molecular flexibility index (Phi) is 6.09. The summed E-state index contributed by atoms with van der Waals surface area (Å²) in [6, 6.07) is 18.2. The van der Waals surface area contributed by atoms with E-state index >= 15 is 0 Å². The number of ether oxygens (including phenoxy) is 1. The zero-order chi connectivity index (χ0) is 17.4. The minimum Gasteiger partial charge on any atom is -0.456 e. The van der Waals surface area contributed by atoms with Crippen LogP contribution in [-0.2, 0) is 14.3 Å².